The van der Waals surface area contributed by atoms with E-state index in [0.29, 0.717) is 0 Å². The van der Waals surface area contributed by atoms with Crippen molar-refractivity contribution in [3.63, 3.8) is 0 Å². The molecule has 3 aromatic rings. The second-order valence-corrected chi connectivity index (χ2v) is 4.19. The third kappa shape index (κ3) is 3.22. The molecular formula is C16H17N. The minimum Gasteiger partial charge on any atom is -0.359 e. The summed E-state index contributed by atoms with van der Waals surface area (Å²) in [7, 11) is 0. The Labute approximate surface area is 102 Å². The van der Waals surface area contributed by atoms with E-state index in [2.05, 4.69) is 55.2 Å². The first-order valence-corrected chi connectivity index (χ1v) is 5.82. The maximum Gasteiger partial charge on any atom is 0.0455 e. The molecule has 0 fully saturated rings. The summed E-state index contributed by atoms with van der Waals surface area (Å²) in [6, 6.07) is 20.7. The van der Waals surface area contributed by atoms with Crippen molar-refractivity contribution in [3.8, 4) is 0 Å². The van der Waals surface area contributed by atoms with Crippen molar-refractivity contribution in [3.05, 3.63) is 71.9 Å². The summed E-state index contributed by atoms with van der Waals surface area (Å²) in [6.07, 6.45) is 0. The van der Waals surface area contributed by atoms with Crippen molar-refractivity contribution < 1.29 is 0 Å². The lowest BCUT2D eigenvalue weighted by Gasteiger charge is -1.83. The summed E-state index contributed by atoms with van der Waals surface area (Å²) in [5, 5.41) is 1.29. The van der Waals surface area contributed by atoms with E-state index in [9.17, 15) is 0 Å². The monoisotopic (exact) mass is 223 g/mol. The summed E-state index contributed by atoms with van der Waals surface area (Å²) in [5.41, 5.74) is 3.77. The zero-order valence-electron chi connectivity index (χ0n) is 10.3. The molecule has 0 saturated heterocycles. The minimum absolute atomic E-state index is 1.22. The molecule has 1 heterocycles. The smallest absolute Gasteiger partial charge is 0.0455 e. The average Bonchev–Trinajstić information content (AvgIpc) is 2.71. The number of hydrogen-bond donors (Lipinski definition) is 1. The summed E-state index contributed by atoms with van der Waals surface area (Å²) in [6.45, 7) is 4.15. The standard InChI is InChI=1S/C9H9N.C7H8/c1-7-6-8-4-2-3-5-9(8)10-7;1-7-5-3-2-4-6-7/h2-6,10H,1H3;2-6H,1H3. The van der Waals surface area contributed by atoms with Crippen LogP contribution in [0.3, 0.4) is 0 Å². The topological polar surface area (TPSA) is 15.8 Å². The highest BCUT2D eigenvalue weighted by molar-refractivity contribution is 5.79. The molecule has 17 heavy (non-hydrogen) atoms. The fraction of sp³-hybridized carbons (Fsp3) is 0.125. The molecule has 0 bridgehead atoms. The first kappa shape index (κ1) is 11.5. The third-order valence-electron chi connectivity index (χ3n) is 2.61. The van der Waals surface area contributed by atoms with Gasteiger partial charge in [-0.15, -0.1) is 0 Å². The van der Waals surface area contributed by atoms with Crippen LogP contribution in [-0.2, 0) is 0 Å². The van der Waals surface area contributed by atoms with Crippen molar-refractivity contribution in [2.24, 2.45) is 0 Å². The number of hydrogen-bond acceptors (Lipinski definition) is 0. The quantitative estimate of drug-likeness (QED) is 0.578. The van der Waals surface area contributed by atoms with Crippen LogP contribution >= 0.6 is 0 Å². The van der Waals surface area contributed by atoms with Crippen LogP contribution < -0.4 is 0 Å². The van der Waals surface area contributed by atoms with Crippen LogP contribution in [0.25, 0.3) is 10.9 Å². The van der Waals surface area contributed by atoms with Crippen LogP contribution in [-0.4, -0.2) is 4.98 Å². The van der Waals surface area contributed by atoms with Crippen molar-refractivity contribution in [2.75, 3.05) is 0 Å². The lowest BCUT2D eigenvalue weighted by atomic mass is 10.2. The Hall–Kier alpha value is -2.02. The van der Waals surface area contributed by atoms with Crippen LogP contribution in [0.5, 0.6) is 0 Å². The van der Waals surface area contributed by atoms with Crippen LogP contribution in [0.15, 0.2) is 60.7 Å². The Balaban J connectivity index is 0.000000136. The zero-order chi connectivity index (χ0) is 12.1. The summed E-state index contributed by atoms with van der Waals surface area (Å²) in [5.74, 6) is 0. The van der Waals surface area contributed by atoms with Gasteiger partial charge in [-0.2, -0.15) is 0 Å². The SMILES string of the molecule is Cc1cc2ccccc2[nH]1.Cc1ccccc1. The maximum atomic E-state index is 3.26. The Morgan fingerprint density at radius 2 is 1.41 bits per heavy atom. The number of H-pyrrole nitrogens is 1. The number of aromatic amines is 1. The highest BCUT2D eigenvalue weighted by Gasteiger charge is 1.92. The Bertz CT molecular complexity index is 546. The first-order chi connectivity index (χ1) is 8.25. The van der Waals surface area contributed by atoms with Gasteiger partial charge in [0.25, 0.3) is 0 Å². The van der Waals surface area contributed by atoms with Gasteiger partial charge in [0.1, 0.15) is 0 Å². The van der Waals surface area contributed by atoms with Gasteiger partial charge < -0.3 is 4.98 Å². The van der Waals surface area contributed by atoms with E-state index in [1.807, 2.05) is 24.3 Å². The van der Waals surface area contributed by atoms with Gasteiger partial charge in [-0.25, -0.2) is 0 Å². The van der Waals surface area contributed by atoms with E-state index in [1.165, 1.54) is 22.2 Å². The molecular weight excluding hydrogens is 206 g/mol. The highest BCUT2D eigenvalue weighted by Crippen LogP contribution is 2.12. The number of benzene rings is 2. The molecule has 0 atom stereocenters. The normalized spacial score (nSPS) is 9.76. The fourth-order valence-corrected chi connectivity index (χ4v) is 1.75. The van der Waals surface area contributed by atoms with Gasteiger partial charge in [-0.1, -0.05) is 54.1 Å². The van der Waals surface area contributed by atoms with Crippen molar-refractivity contribution in [1.29, 1.82) is 0 Å². The van der Waals surface area contributed by atoms with Crippen molar-refractivity contribution in [1.82, 2.24) is 4.98 Å². The number of aryl methyl sites for hydroxylation is 2. The first-order valence-electron chi connectivity index (χ1n) is 5.82. The predicted octanol–water partition coefficient (Wildman–Crippen LogP) is 4.47. The summed E-state index contributed by atoms with van der Waals surface area (Å²) < 4.78 is 0. The van der Waals surface area contributed by atoms with Gasteiger partial charge in [0.05, 0.1) is 0 Å². The summed E-state index contributed by atoms with van der Waals surface area (Å²) >= 11 is 0. The number of nitrogens with one attached hydrogen (secondary N) is 1. The molecule has 0 unspecified atom stereocenters. The molecule has 0 spiro atoms. The molecule has 0 aliphatic heterocycles. The molecule has 0 amide bonds. The molecule has 3 rings (SSSR count). The lowest BCUT2D eigenvalue weighted by molar-refractivity contribution is 1.30. The van der Waals surface area contributed by atoms with Gasteiger partial charge in [-0.05, 0) is 31.4 Å². The van der Waals surface area contributed by atoms with Gasteiger partial charge in [0, 0.05) is 11.2 Å². The second kappa shape index (κ2) is 5.35. The second-order valence-electron chi connectivity index (χ2n) is 4.19. The third-order valence-corrected chi connectivity index (χ3v) is 2.61. The van der Waals surface area contributed by atoms with Crippen molar-refractivity contribution in [2.45, 2.75) is 13.8 Å². The molecule has 1 aromatic heterocycles. The van der Waals surface area contributed by atoms with Gasteiger partial charge in [0.2, 0.25) is 0 Å². The van der Waals surface area contributed by atoms with E-state index >= 15 is 0 Å². The number of fused-ring (bicyclic) bond motifs is 1. The fourth-order valence-electron chi connectivity index (χ4n) is 1.75. The van der Waals surface area contributed by atoms with E-state index in [1.54, 1.807) is 0 Å². The highest BCUT2D eigenvalue weighted by atomic mass is 14.7. The number of para-hydroxylation sites is 1. The van der Waals surface area contributed by atoms with Gasteiger partial charge in [0.15, 0.2) is 0 Å². The Morgan fingerprint density at radius 3 is 2.00 bits per heavy atom. The molecule has 2 aromatic carbocycles. The minimum atomic E-state index is 1.22. The zero-order valence-corrected chi connectivity index (χ0v) is 10.3. The van der Waals surface area contributed by atoms with Crippen LogP contribution in [0.1, 0.15) is 11.3 Å². The largest absolute Gasteiger partial charge is 0.359 e. The lowest BCUT2D eigenvalue weighted by Crippen LogP contribution is -1.65. The predicted molar refractivity (Wildman–Crippen MR) is 74.2 cm³/mol. The average molecular weight is 223 g/mol. The molecule has 0 saturated carbocycles. The van der Waals surface area contributed by atoms with Crippen molar-refractivity contribution >= 4 is 10.9 Å². The van der Waals surface area contributed by atoms with E-state index in [-0.39, 0.29) is 0 Å². The maximum absolute atomic E-state index is 3.26. The van der Waals surface area contributed by atoms with Crippen LogP contribution in [0, 0.1) is 13.8 Å². The van der Waals surface area contributed by atoms with E-state index in [0.717, 1.165) is 0 Å². The van der Waals surface area contributed by atoms with E-state index < -0.39 is 0 Å². The van der Waals surface area contributed by atoms with Gasteiger partial charge >= 0.3 is 0 Å². The molecule has 0 aliphatic rings. The molecule has 1 N–H and O–H groups in total. The number of rotatable bonds is 0. The molecule has 0 aliphatic carbocycles. The Morgan fingerprint density at radius 1 is 0.765 bits per heavy atom. The molecule has 86 valence electrons. The number of aromatic nitrogens is 1. The Kier molecular flexibility index (Phi) is 3.61. The van der Waals surface area contributed by atoms with Crippen LogP contribution in [0.4, 0.5) is 0 Å². The van der Waals surface area contributed by atoms with Crippen LogP contribution in [0.2, 0.25) is 0 Å². The molecule has 1 heteroatoms. The summed E-state index contributed by atoms with van der Waals surface area (Å²) in [4.78, 5) is 3.26. The van der Waals surface area contributed by atoms with E-state index in [4.69, 9.17) is 0 Å². The molecule has 1 nitrogen and oxygen atoms in total. The molecule has 0 radical (unpaired) electrons. The van der Waals surface area contributed by atoms with Gasteiger partial charge in [-0.3, -0.25) is 0 Å².